The third-order valence-electron chi connectivity index (χ3n) is 4.54. The summed E-state index contributed by atoms with van der Waals surface area (Å²) in [6, 6.07) is 6.48. The second kappa shape index (κ2) is 12.7. The lowest BCUT2D eigenvalue weighted by Gasteiger charge is -2.43. The molecule has 0 radical (unpaired) electrons. The Morgan fingerprint density at radius 2 is 1.31 bits per heavy atom. The third kappa shape index (κ3) is 8.89. The molecular weight excluding hydrogens is 468 g/mol. The van der Waals surface area contributed by atoms with Crippen molar-refractivity contribution in [3.05, 3.63) is 29.8 Å². The van der Waals surface area contributed by atoms with E-state index in [0.29, 0.717) is 5.56 Å². The first-order valence-corrected chi connectivity index (χ1v) is 10.7. The summed E-state index contributed by atoms with van der Waals surface area (Å²) in [4.78, 5) is 58.0. The maximum atomic E-state index is 11.9. The minimum absolute atomic E-state index is 0.00882. The van der Waals surface area contributed by atoms with Crippen molar-refractivity contribution in [1.29, 1.82) is 0 Å². The molecule has 0 bridgehead atoms. The van der Waals surface area contributed by atoms with Crippen molar-refractivity contribution in [2.45, 2.75) is 71.9 Å². The monoisotopic (exact) mass is 496 g/mol. The van der Waals surface area contributed by atoms with Crippen molar-refractivity contribution in [2.24, 2.45) is 0 Å². The highest BCUT2D eigenvalue weighted by Crippen LogP contribution is 2.31. The molecule has 12 nitrogen and oxygen atoms in total. The molecule has 192 valence electrons. The van der Waals surface area contributed by atoms with E-state index in [9.17, 15) is 24.0 Å². The number of carbonyl (C=O) groups excluding carboxylic acids is 5. The summed E-state index contributed by atoms with van der Waals surface area (Å²) in [5.74, 6) is -3.07. The van der Waals surface area contributed by atoms with Gasteiger partial charge in [0.25, 0.3) is 0 Å². The van der Waals surface area contributed by atoms with Crippen LogP contribution < -0.4 is 4.74 Å². The minimum Gasteiger partial charge on any atom is -0.463 e. The average molecular weight is 496 g/mol. The molecule has 2 rings (SSSR count). The molecule has 0 aliphatic carbocycles. The summed E-state index contributed by atoms with van der Waals surface area (Å²) in [5, 5.41) is 0. The second-order valence-corrected chi connectivity index (χ2v) is 7.61. The lowest BCUT2D eigenvalue weighted by atomic mass is 9.98. The number of hydrogen-bond acceptors (Lipinski definition) is 12. The number of carbonyl (C=O) groups is 5. The van der Waals surface area contributed by atoms with Gasteiger partial charge in [0.15, 0.2) is 12.2 Å². The first kappa shape index (κ1) is 27.6. The molecule has 1 saturated heterocycles. The highest BCUT2D eigenvalue weighted by atomic mass is 16.7. The number of ether oxygens (including phenoxy) is 7. The van der Waals surface area contributed by atoms with Crippen LogP contribution in [0.3, 0.4) is 0 Å². The molecule has 5 atom stereocenters. The molecule has 0 saturated carbocycles. The van der Waals surface area contributed by atoms with E-state index in [1.54, 1.807) is 24.3 Å². The number of hydrogen-bond donors (Lipinski definition) is 0. The van der Waals surface area contributed by atoms with Crippen LogP contribution in [0, 0.1) is 0 Å². The van der Waals surface area contributed by atoms with Gasteiger partial charge in [-0.3, -0.25) is 24.0 Å². The molecule has 1 aliphatic heterocycles. The summed E-state index contributed by atoms with van der Waals surface area (Å²) in [5.41, 5.74) is 0.600. The summed E-state index contributed by atoms with van der Waals surface area (Å²) in [7, 11) is 0. The van der Waals surface area contributed by atoms with Crippen molar-refractivity contribution in [1.82, 2.24) is 0 Å². The lowest BCUT2D eigenvalue weighted by molar-refractivity contribution is -0.288. The summed E-state index contributed by atoms with van der Waals surface area (Å²) in [6.07, 6.45) is -6.47. The molecule has 12 heteroatoms. The highest BCUT2D eigenvalue weighted by Gasteiger charge is 2.53. The smallest absolute Gasteiger partial charge is 0.303 e. The van der Waals surface area contributed by atoms with Crippen LogP contribution >= 0.6 is 0 Å². The lowest BCUT2D eigenvalue weighted by Crippen LogP contribution is -2.63. The van der Waals surface area contributed by atoms with E-state index in [0.717, 1.165) is 20.8 Å². The molecule has 0 N–H and O–H groups in total. The van der Waals surface area contributed by atoms with Crippen molar-refractivity contribution < 1.29 is 57.1 Å². The van der Waals surface area contributed by atoms with Gasteiger partial charge in [-0.05, 0) is 17.7 Å². The van der Waals surface area contributed by atoms with E-state index in [4.69, 9.17) is 33.2 Å². The minimum atomic E-state index is -1.36. The number of esters is 5. The van der Waals surface area contributed by atoms with Crippen LogP contribution in [0.25, 0.3) is 0 Å². The molecule has 0 unspecified atom stereocenters. The van der Waals surface area contributed by atoms with Gasteiger partial charge in [-0.1, -0.05) is 12.1 Å². The predicted molar refractivity (Wildman–Crippen MR) is 114 cm³/mol. The largest absolute Gasteiger partial charge is 0.463 e. The quantitative estimate of drug-likeness (QED) is 0.357. The molecule has 1 heterocycles. The highest BCUT2D eigenvalue weighted by molar-refractivity contribution is 5.69. The Morgan fingerprint density at radius 1 is 0.743 bits per heavy atom. The molecule has 1 fully saturated rings. The van der Waals surface area contributed by atoms with Gasteiger partial charge in [0.1, 0.15) is 25.1 Å². The first-order valence-electron chi connectivity index (χ1n) is 10.7. The van der Waals surface area contributed by atoms with E-state index in [1.165, 1.54) is 13.8 Å². The standard InChI is InChI=1S/C23H28O12/c1-12(24)29-10-17-7-6-8-18(9-17)34-23-22(33-16(5)28)21(32-15(4)27)20(31-14(3)26)19(35-23)11-30-13(2)25/h6-9,19-23H,10-11H2,1-5H3/t19-,20-,21+,22-,23-/m1/s1. The Balaban J connectivity index is 2.42. The van der Waals surface area contributed by atoms with E-state index in [1.807, 2.05) is 0 Å². The average Bonchev–Trinajstić information content (AvgIpc) is 2.74. The van der Waals surface area contributed by atoms with Gasteiger partial charge in [-0.15, -0.1) is 0 Å². The zero-order valence-corrected chi connectivity index (χ0v) is 20.0. The van der Waals surface area contributed by atoms with E-state index >= 15 is 0 Å². The van der Waals surface area contributed by atoms with Crippen LogP contribution in [0.4, 0.5) is 0 Å². The maximum Gasteiger partial charge on any atom is 0.303 e. The normalized spacial score (nSPS) is 23.4. The van der Waals surface area contributed by atoms with Gasteiger partial charge >= 0.3 is 29.8 Å². The fourth-order valence-corrected chi connectivity index (χ4v) is 3.31. The van der Waals surface area contributed by atoms with Gasteiger partial charge in [-0.2, -0.15) is 0 Å². The van der Waals surface area contributed by atoms with Gasteiger partial charge in [0.2, 0.25) is 12.4 Å². The Morgan fingerprint density at radius 3 is 1.89 bits per heavy atom. The molecule has 0 aromatic heterocycles. The van der Waals surface area contributed by atoms with Crippen molar-refractivity contribution in [2.75, 3.05) is 6.61 Å². The third-order valence-corrected chi connectivity index (χ3v) is 4.54. The van der Waals surface area contributed by atoms with Gasteiger partial charge in [0, 0.05) is 34.6 Å². The first-order chi connectivity index (χ1) is 16.5. The fraction of sp³-hybridized carbons (Fsp3) is 0.522. The maximum absolute atomic E-state index is 11.9. The molecular formula is C23H28O12. The molecule has 35 heavy (non-hydrogen) atoms. The number of rotatable bonds is 9. The Hall–Kier alpha value is -3.67. The molecule has 1 aromatic rings. The summed E-state index contributed by atoms with van der Waals surface area (Å²) >= 11 is 0. The van der Waals surface area contributed by atoms with E-state index < -0.39 is 60.6 Å². The van der Waals surface area contributed by atoms with Crippen LogP contribution in [0.5, 0.6) is 5.75 Å². The zero-order chi connectivity index (χ0) is 26.1. The number of benzene rings is 1. The van der Waals surface area contributed by atoms with Crippen LogP contribution in [0.1, 0.15) is 40.2 Å². The van der Waals surface area contributed by atoms with Crippen molar-refractivity contribution >= 4 is 29.8 Å². The Kier molecular flexibility index (Phi) is 10.0. The SMILES string of the molecule is CC(=O)OCc1cccc(O[C@@H]2O[C@H](COC(C)=O)[C@@H](OC(C)=O)[C@H](OC(C)=O)[C@H]2OC(C)=O)c1. The summed E-state index contributed by atoms with van der Waals surface area (Å²) < 4.78 is 37.8. The van der Waals surface area contributed by atoms with Gasteiger partial charge in [-0.25, -0.2) is 0 Å². The van der Waals surface area contributed by atoms with Gasteiger partial charge < -0.3 is 33.2 Å². The van der Waals surface area contributed by atoms with Crippen molar-refractivity contribution in [3.8, 4) is 5.75 Å². The zero-order valence-electron chi connectivity index (χ0n) is 20.0. The van der Waals surface area contributed by atoms with Gasteiger partial charge in [0.05, 0.1) is 0 Å². The topological polar surface area (TPSA) is 150 Å². The van der Waals surface area contributed by atoms with Crippen LogP contribution in [-0.2, 0) is 59.0 Å². The molecule has 0 amide bonds. The Labute approximate surface area is 201 Å². The molecule has 0 spiro atoms. The van der Waals surface area contributed by atoms with Crippen LogP contribution in [0.2, 0.25) is 0 Å². The van der Waals surface area contributed by atoms with E-state index in [-0.39, 0.29) is 19.0 Å². The Bertz CT molecular complexity index is 942. The van der Waals surface area contributed by atoms with Crippen molar-refractivity contribution in [3.63, 3.8) is 0 Å². The second-order valence-electron chi connectivity index (χ2n) is 7.61. The van der Waals surface area contributed by atoms with Crippen LogP contribution in [-0.4, -0.2) is 67.2 Å². The van der Waals surface area contributed by atoms with E-state index in [2.05, 4.69) is 0 Å². The summed E-state index contributed by atoms with van der Waals surface area (Å²) in [6.45, 7) is 5.46. The van der Waals surface area contributed by atoms with Crippen LogP contribution in [0.15, 0.2) is 24.3 Å². The fourth-order valence-electron chi connectivity index (χ4n) is 3.31. The molecule has 1 aromatic carbocycles. The molecule has 1 aliphatic rings. The predicted octanol–water partition coefficient (Wildman–Crippen LogP) is 1.21.